The highest BCUT2D eigenvalue weighted by molar-refractivity contribution is 9.10. The number of benzene rings is 1. The first-order chi connectivity index (χ1) is 9.38. The molecule has 0 saturated carbocycles. The van der Waals surface area contributed by atoms with E-state index in [0.29, 0.717) is 0 Å². The van der Waals surface area contributed by atoms with Crippen LogP contribution in [-0.2, 0) is 0 Å². The molecule has 0 aliphatic carbocycles. The van der Waals surface area contributed by atoms with Gasteiger partial charge < -0.3 is 9.84 Å². The number of ether oxygens (including phenoxy) is 1. The molecule has 104 valence electrons. The van der Waals surface area contributed by atoms with Gasteiger partial charge in [0.05, 0.1) is 9.40 Å². The summed E-state index contributed by atoms with van der Waals surface area (Å²) < 4.78 is 18.5. The minimum atomic E-state index is -1.14. The lowest BCUT2D eigenvalue weighted by Gasteiger charge is -2.05. The number of carboxylic acid groups (broad SMARTS) is 1. The molecular formula is C11H5BrFNO5S. The van der Waals surface area contributed by atoms with Crippen molar-refractivity contribution in [3.63, 3.8) is 0 Å². The van der Waals surface area contributed by atoms with Crippen molar-refractivity contribution in [2.24, 2.45) is 0 Å². The van der Waals surface area contributed by atoms with E-state index < -0.39 is 22.4 Å². The van der Waals surface area contributed by atoms with E-state index in [1.165, 1.54) is 11.4 Å². The fourth-order valence-corrected chi connectivity index (χ4v) is 2.33. The van der Waals surface area contributed by atoms with E-state index in [4.69, 9.17) is 9.84 Å². The van der Waals surface area contributed by atoms with Crippen LogP contribution in [-0.4, -0.2) is 16.0 Å². The number of carbonyl (C=O) groups is 1. The summed E-state index contributed by atoms with van der Waals surface area (Å²) >= 11 is 3.75. The summed E-state index contributed by atoms with van der Waals surface area (Å²) in [5.74, 6) is -2.07. The Labute approximate surface area is 123 Å². The average Bonchev–Trinajstić information content (AvgIpc) is 2.82. The molecule has 1 aromatic heterocycles. The maximum Gasteiger partial charge on any atom is 0.346 e. The largest absolute Gasteiger partial charge is 0.477 e. The van der Waals surface area contributed by atoms with E-state index in [1.807, 2.05) is 0 Å². The Hall–Kier alpha value is -2.00. The van der Waals surface area contributed by atoms with Crippen molar-refractivity contribution >= 4 is 38.9 Å². The standard InChI is InChI=1S/C11H5BrFNO5S/c12-6-2-8(14(17)18)9(3-7(6)13)19-5-1-10(11(15)16)20-4-5/h1-4H,(H,15,16). The molecule has 0 saturated heterocycles. The molecule has 9 heteroatoms. The summed E-state index contributed by atoms with van der Waals surface area (Å²) in [6.07, 6.45) is 0. The third kappa shape index (κ3) is 2.94. The molecular weight excluding hydrogens is 357 g/mol. The van der Waals surface area contributed by atoms with Crippen molar-refractivity contribution in [1.29, 1.82) is 0 Å². The molecule has 0 aliphatic heterocycles. The van der Waals surface area contributed by atoms with Crippen LogP contribution in [0, 0.1) is 15.9 Å². The molecule has 0 fully saturated rings. The topological polar surface area (TPSA) is 89.7 Å². The normalized spacial score (nSPS) is 10.3. The monoisotopic (exact) mass is 361 g/mol. The van der Waals surface area contributed by atoms with Gasteiger partial charge in [-0.25, -0.2) is 9.18 Å². The molecule has 0 bridgehead atoms. The van der Waals surface area contributed by atoms with Crippen LogP contribution >= 0.6 is 27.3 Å². The Morgan fingerprint density at radius 2 is 2.15 bits per heavy atom. The predicted octanol–water partition coefficient (Wildman–Crippen LogP) is 4.05. The van der Waals surface area contributed by atoms with Gasteiger partial charge in [-0.05, 0) is 15.9 Å². The smallest absolute Gasteiger partial charge is 0.346 e. The highest BCUT2D eigenvalue weighted by Gasteiger charge is 2.20. The van der Waals surface area contributed by atoms with E-state index in [2.05, 4.69) is 15.9 Å². The Balaban J connectivity index is 2.39. The Kier molecular flexibility index (Phi) is 4.00. The Morgan fingerprint density at radius 3 is 2.70 bits per heavy atom. The lowest BCUT2D eigenvalue weighted by atomic mass is 10.3. The van der Waals surface area contributed by atoms with E-state index in [1.54, 1.807) is 0 Å². The van der Waals surface area contributed by atoms with E-state index in [0.717, 1.165) is 23.5 Å². The van der Waals surface area contributed by atoms with Gasteiger partial charge >= 0.3 is 11.7 Å². The van der Waals surface area contributed by atoms with Crippen LogP contribution in [0.25, 0.3) is 0 Å². The minimum Gasteiger partial charge on any atom is -0.477 e. The van der Waals surface area contributed by atoms with E-state index in [9.17, 15) is 19.3 Å². The number of rotatable bonds is 4. The first-order valence-electron chi connectivity index (χ1n) is 5.01. The number of thiophene rings is 1. The summed E-state index contributed by atoms with van der Waals surface area (Å²) in [5, 5.41) is 21.0. The number of nitrogens with zero attached hydrogens (tertiary/aromatic N) is 1. The van der Waals surface area contributed by atoms with Crippen LogP contribution in [0.3, 0.4) is 0 Å². The second kappa shape index (κ2) is 5.55. The SMILES string of the molecule is O=C(O)c1cc(Oc2cc(F)c(Br)cc2[N+](=O)[O-])cs1. The number of halogens is 2. The van der Waals surface area contributed by atoms with Gasteiger partial charge in [-0.3, -0.25) is 10.1 Å². The fraction of sp³-hybridized carbons (Fsp3) is 0. The zero-order valence-electron chi connectivity index (χ0n) is 9.50. The predicted molar refractivity (Wildman–Crippen MR) is 72.1 cm³/mol. The molecule has 0 spiro atoms. The minimum absolute atomic E-state index is 0.0141. The van der Waals surface area contributed by atoms with Gasteiger partial charge in [0.15, 0.2) is 0 Å². The summed E-state index contributed by atoms with van der Waals surface area (Å²) in [6.45, 7) is 0. The molecule has 0 atom stereocenters. The van der Waals surface area contributed by atoms with Gasteiger partial charge in [-0.2, -0.15) is 0 Å². The molecule has 2 rings (SSSR count). The molecule has 0 amide bonds. The van der Waals surface area contributed by atoms with Crippen LogP contribution in [0.2, 0.25) is 0 Å². The van der Waals surface area contributed by atoms with Crippen molar-refractivity contribution < 1.29 is 24.0 Å². The second-order valence-corrected chi connectivity index (χ2v) is 5.31. The Morgan fingerprint density at radius 1 is 1.45 bits per heavy atom. The fourth-order valence-electron chi connectivity index (χ4n) is 1.35. The van der Waals surface area contributed by atoms with Gasteiger partial charge in [0.2, 0.25) is 5.75 Å². The lowest BCUT2D eigenvalue weighted by Crippen LogP contribution is -1.95. The third-order valence-electron chi connectivity index (χ3n) is 2.21. The van der Waals surface area contributed by atoms with Crippen molar-refractivity contribution in [1.82, 2.24) is 0 Å². The van der Waals surface area contributed by atoms with Gasteiger partial charge in [-0.1, -0.05) is 0 Å². The number of nitro benzene ring substituents is 1. The van der Waals surface area contributed by atoms with Crippen LogP contribution in [0.15, 0.2) is 28.1 Å². The van der Waals surface area contributed by atoms with Gasteiger partial charge in [0.25, 0.3) is 0 Å². The summed E-state index contributed by atoms with van der Waals surface area (Å²) in [7, 11) is 0. The van der Waals surface area contributed by atoms with Gasteiger partial charge in [-0.15, -0.1) is 11.3 Å². The number of hydrogen-bond acceptors (Lipinski definition) is 5. The van der Waals surface area contributed by atoms with Crippen LogP contribution in [0.5, 0.6) is 11.5 Å². The quantitative estimate of drug-likeness (QED) is 0.655. The Bertz CT molecular complexity index is 702. The van der Waals surface area contributed by atoms with Crippen molar-refractivity contribution in [2.75, 3.05) is 0 Å². The van der Waals surface area contributed by atoms with Gasteiger partial charge in [0.1, 0.15) is 16.4 Å². The van der Waals surface area contributed by atoms with Crippen molar-refractivity contribution in [3.8, 4) is 11.5 Å². The molecule has 2 aromatic rings. The van der Waals surface area contributed by atoms with Gasteiger partial charge in [0, 0.05) is 23.6 Å². The molecule has 0 radical (unpaired) electrons. The molecule has 1 aromatic carbocycles. The highest BCUT2D eigenvalue weighted by atomic mass is 79.9. The molecule has 20 heavy (non-hydrogen) atoms. The van der Waals surface area contributed by atoms with E-state index >= 15 is 0 Å². The number of hydrogen-bond donors (Lipinski definition) is 1. The summed E-state index contributed by atoms with van der Waals surface area (Å²) in [5.41, 5.74) is -0.429. The zero-order chi connectivity index (χ0) is 14.9. The first-order valence-corrected chi connectivity index (χ1v) is 6.69. The number of nitro groups is 1. The maximum atomic E-state index is 13.4. The molecule has 0 aliphatic rings. The zero-order valence-corrected chi connectivity index (χ0v) is 11.9. The van der Waals surface area contributed by atoms with Crippen LogP contribution in [0.1, 0.15) is 9.67 Å². The highest BCUT2D eigenvalue weighted by Crippen LogP contribution is 2.36. The number of carboxylic acids is 1. The molecule has 1 N–H and O–H groups in total. The average molecular weight is 362 g/mol. The van der Waals surface area contributed by atoms with Crippen molar-refractivity contribution in [3.05, 3.63) is 48.9 Å². The summed E-state index contributed by atoms with van der Waals surface area (Å²) in [4.78, 5) is 20.9. The lowest BCUT2D eigenvalue weighted by molar-refractivity contribution is -0.385. The van der Waals surface area contributed by atoms with E-state index in [-0.39, 0.29) is 20.8 Å². The first kappa shape index (κ1) is 14.4. The summed E-state index contributed by atoms with van der Waals surface area (Å²) in [6, 6.07) is 3.05. The van der Waals surface area contributed by atoms with Crippen molar-refractivity contribution in [2.45, 2.75) is 0 Å². The second-order valence-electron chi connectivity index (χ2n) is 3.55. The van der Waals surface area contributed by atoms with Crippen LogP contribution < -0.4 is 4.74 Å². The molecule has 1 heterocycles. The third-order valence-corrected chi connectivity index (χ3v) is 3.72. The number of aromatic carboxylic acids is 1. The maximum absolute atomic E-state index is 13.4. The van der Waals surface area contributed by atoms with Crippen LogP contribution in [0.4, 0.5) is 10.1 Å². The molecule has 0 unspecified atom stereocenters. The molecule has 6 nitrogen and oxygen atoms in total.